The monoisotopic (exact) mass is 452 g/mol. The summed E-state index contributed by atoms with van der Waals surface area (Å²) in [6.45, 7) is -0.0883. The van der Waals surface area contributed by atoms with Gasteiger partial charge in [0, 0.05) is 39.3 Å². The van der Waals surface area contributed by atoms with E-state index in [0.29, 0.717) is 36.1 Å². The Kier molecular flexibility index (Phi) is 5.72. The number of fused-ring (bicyclic) bond motifs is 3. The molecule has 1 amide bonds. The molecule has 0 bridgehead atoms. The Balaban J connectivity index is 1.36. The normalized spacial score (nSPS) is 15.0. The predicted molar refractivity (Wildman–Crippen MR) is 130 cm³/mol. The third-order valence-corrected chi connectivity index (χ3v) is 6.47. The summed E-state index contributed by atoms with van der Waals surface area (Å²) in [7, 11) is 0. The number of carbonyl (C=O) groups excluding carboxylic acids is 2. The lowest BCUT2D eigenvalue weighted by Crippen LogP contribution is -2.29. The van der Waals surface area contributed by atoms with E-state index in [1.54, 1.807) is 36.4 Å². The largest absolute Gasteiger partial charge is 0.480 e. The zero-order valence-electron chi connectivity index (χ0n) is 18.5. The molecule has 6 nitrogen and oxygen atoms in total. The molecule has 0 saturated heterocycles. The first-order chi connectivity index (χ1) is 16.5. The zero-order chi connectivity index (χ0) is 23.7. The van der Waals surface area contributed by atoms with Gasteiger partial charge in [0.05, 0.1) is 0 Å². The lowest BCUT2D eigenvalue weighted by molar-refractivity contribution is -0.137. The van der Waals surface area contributed by atoms with Crippen LogP contribution < -0.4 is 5.32 Å². The second-order valence-electron chi connectivity index (χ2n) is 8.63. The first-order valence-corrected chi connectivity index (χ1v) is 11.3. The maximum atomic E-state index is 13.2. The van der Waals surface area contributed by atoms with Crippen LogP contribution >= 0.6 is 0 Å². The van der Waals surface area contributed by atoms with Gasteiger partial charge < -0.3 is 15.0 Å². The summed E-state index contributed by atoms with van der Waals surface area (Å²) in [5.41, 5.74) is 4.66. The second kappa shape index (κ2) is 8.98. The molecular formula is C28H24N2O4. The molecule has 4 aromatic rings. The molecule has 1 heterocycles. The Labute approximate surface area is 196 Å². The number of carboxylic acids is 1. The highest BCUT2D eigenvalue weighted by Gasteiger charge is 2.30. The molecule has 0 spiro atoms. The summed E-state index contributed by atoms with van der Waals surface area (Å²) >= 11 is 0. The molecule has 1 unspecified atom stereocenters. The number of para-hydroxylation sites is 1. The molecule has 1 aromatic heterocycles. The van der Waals surface area contributed by atoms with Gasteiger partial charge in [0.15, 0.2) is 5.78 Å². The number of benzene rings is 3. The number of carboxylic acid groups (broad SMARTS) is 1. The van der Waals surface area contributed by atoms with Gasteiger partial charge in [-0.15, -0.1) is 0 Å². The fourth-order valence-electron chi connectivity index (χ4n) is 4.88. The summed E-state index contributed by atoms with van der Waals surface area (Å²) < 4.78 is 1.86. The number of amides is 1. The summed E-state index contributed by atoms with van der Waals surface area (Å²) in [4.78, 5) is 37.4. The molecule has 34 heavy (non-hydrogen) atoms. The lowest BCUT2D eigenvalue weighted by atomic mass is 9.85. The number of nitrogens with zero attached hydrogens (tertiary/aromatic N) is 1. The highest BCUT2D eigenvalue weighted by Crippen LogP contribution is 2.35. The van der Waals surface area contributed by atoms with Crippen molar-refractivity contribution in [3.63, 3.8) is 0 Å². The van der Waals surface area contributed by atoms with Gasteiger partial charge in [-0.1, -0.05) is 60.7 Å². The molecule has 1 atom stereocenters. The van der Waals surface area contributed by atoms with Crippen LogP contribution in [0.1, 0.15) is 33.6 Å². The zero-order valence-corrected chi connectivity index (χ0v) is 18.5. The molecule has 170 valence electrons. The number of aliphatic carboxylic acids is 1. The van der Waals surface area contributed by atoms with E-state index in [4.69, 9.17) is 0 Å². The van der Waals surface area contributed by atoms with E-state index in [1.807, 2.05) is 47.0 Å². The highest BCUT2D eigenvalue weighted by molar-refractivity contribution is 6.09. The third-order valence-electron chi connectivity index (χ3n) is 6.47. The number of aromatic nitrogens is 1. The van der Waals surface area contributed by atoms with Crippen LogP contribution in [0.25, 0.3) is 10.9 Å². The minimum Gasteiger partial charge on any atom is -0.480 e. The molecule has 3 aromatic carbocycles. The van der Waals surface area contributed by atoms with E-state index < -0.39 is 5.97 Å². The van der Waals surface area contributed by atoms with Crippen LogP contribution in [0.5, 0.6) is 0 Å². The molecule has 6 heteroatoms. The van der Waals surface area contributed by atoms with Gasteiger partial charge in [0.2, 0.25) is 5.91 Å². The number of anilines is 1. The maximum Gasteiger partial charge on any atom is 0.323 e. The summed E-state index contributed by atoms with van der Waals surface area (Å²) in [6, 6.07) is 23.8. The van der Waals surface area contributed by atoms with E-state index in [-0.39, 0.29) is 24.2 Å². The number of nitrogens with one attached hydrogen (secondary N) is 1. The number of hydrogen-bond acceptors (Lipinski definition) is 3. The van der Waals surface area contributed by atoms with Gasteiger partial charge in [-0.3, -0.25) is 14.4 Å². The van der Waals surface area contributed by atoms with Gasteiger partial charge in [0.1, 0.15) is 6.54 Å². The van der Waals surface area contributed by atoms with Crippen molar-refractivity contribution in [3.05, 3.63) is 101 Å². The van der Waals surface area contributed by atoms with E-state index >= 15 is 0 Å². The van der Waals surface area contributed by atoms with E-state index in [1.165, 1.54) is 0 Å². The third kappa shape index (κ3) is 4.10. The van der Waals surface area contributed by atoms with Crippen molar-refractivity contribution in [1.29, 1.82) is 0 Å². The van der Waals surface area contributed by atoms with Crippen molar-refractivity contribution in [2.75, 3.05) is 5.32 Å². The highest BCUT2D eigenvalue weighted by atomic mass is 16.4. The van der Waals surface area contributed by atoms with Crippen molar-refractivity contribution in [3.8, 4) is 0 Å². The van der Waals surface area contributed by atoms with Crippen LogP contribution in [0.15, 0.2) is 78.9 Å². The van der Waals surface area contributed by atoms with Crippen LogP contribution in [-0.2, 0) is 29.0 Å². The van der Waals surface area contributed by atoms with Crippen LogP contribution in [0, 0.1) is 5.92 Å². The van der Waals surface area contributed by atoms with Crippen molar-refractivity contribution >= 4 is 34.3 Å². The molecule has 1 aliphatic carbocycles. The number of rotatable bonds is 6. The van der Waals surface area contributed by atoms with Crippen molar-refractivity contribution < 1.29 is 19.5 Å². The Morgan fingerprint density at radius 1 is 0.912 bits per heavy atom. The topological polar surface area (TPSA) is 88.4 Å². The fraction of sp³-hybridized carbons (Fsp3) is 0.179. The van der Waals surface area contributed by atoms with Crippen molar-refractivity contribution in [2.24, 2.45) is 5.92 Å². The van der Waals surface area contributed by atoms with Gasteiger partial charge in [-0.25, -0.2) is 0 Å². The minimum absolute atomic E-state index is 0.0883. The molecule has 0 radical (unpaired) electrons. The Morgan fingerprint density at radius 3 is 2.44 bits per heavy atom. The lowest BCUT2D eigenvalue weighted by Gasteiger charge is -2.23. The summed E-state index contributed by atoms with van der Waals surface area (Å²) in [5, 5.41) is 13.4. The average molecular weight is 453 g/mol. The molecule has 2 N–H and O–H groups in total. The molecule has 0 aliphatic heterocycles. The SMILES string of the molecule is O=C(O)Cn1c2c(c3ccccc31)CC(C(=O)Nc1cccc(C(=O)c3ccccc3)c1)CC2. The molecule has 0 fully saturated rings. The predicted octanol–water partition coefficient (Wildman–Crippen LogP) is 4.70. The smallest absolute Gasteiger partial charge is 0.323 e. The van der Waals surface area contributed by atoms with Crippen LogP contribution in [0.3, 0.4) is 0 Å². The van der Waals surface area contributed by atoms with Gasteiger partial charge in [0.25, 0.3) is 0 Å². The number of hydrogen-bond donors (Lipinski definition) is 2. The molecule has 1 aliphatic rings. The Bertz CT molecular complexity index is 1400. The summed E-state index contributed by atoms with van der Waals surface area (Å²) in [5.74, 6) is -1.30. The number of ketones is 1. The van der Waals surface area contributed by atoms with Gasteiger partial charge in [-0.05, 0) is 43.0 Å². The fourth-order valence-corrected chi connectivity index (χ4v) is 4.88. The number of carbonyl (C=O) groups is 3. The average Bonchev–Trinajstić information content (AvgIpc) is 3.17. The second-order valence-corrected chi connectivity index (χ2v) is 8.63. The molecular weight excluding hydrogens is 428 g/mol. The quantitative estimate of drug-likeness (QED) is 0.415. The van der Waals surface area contributed by atoms with E-state index in [9.17, 15) is 19.5 Å². The maximum absolute atomic E-state index is 13.2. The van der Waals surface area contributed by atoms with Crippen LogP contribution in [-0.4, -0.2) is 27.3 Å². The first kappa shape index (κ1) is 21.6. The van der Waals surface area contributed by atoms with Crippen molar-refractivity contribution in [2.45, 2.75) is 25.8 Å². The molecule has 5 rings (SSSR count). The van der Waals surface area contributed by atoms with Crippen LogP contribution in [0.4, 0.5) is 5.69 Å². The van der Waals surface area contributed by atoms with E-state index in [0.717, 1.165) is 22.2 Å². The Hall–Kier alpha value is -4.19. The first-order valence-electron chi connectivity index (χ1n) is 11.3. The minimum atomic E-state index is -0.881. The summed E-state index contributed by atoms with van der Waals surface area (Å²) in [6.07, 6.45) is 1.83. The molecule has 0 saturated carbocycles. The Morgan fingerprint density at radius 2 is 1.65 bits per heavy atom. The standard InChI is InChI=1S/C28H24N2O4/c31-26(32)17-30-24-12-5-4-11-22(24)23-16-20(13-14-25(23)30)28(34)29-21-10-6-9-19(15-21)27(33)18-7-2-1-3-8-18/h1-12,15,20H,13-14,16-17H2,(H,29,34)(H,31,32). The van der Waals surface area contributed by atoms with Gasteiger partial charge >= 0.3 is 5.97 Å². The van der Waals surface area contributed by atoms with Gasteiger partial charge in [-0.2, -0.15) is 0 Å². The van der Waals surface area contributed by atoms with Crippen molar-refractivity contribution in [1.82, 2.24) is 4.57 Å². The van der Waals surface area contributed by atoms with Crippen LogP contribution in [0.2, 0.25) is 0 Å². The van der Waals surface area contributed by atoms with E-state index in [2.05, 4.69) is 5.32 Å².